The van der Waals surface area contributed by atoms with Gasteiger partial charge in [0.25, 0.3) is 10.0 Å². The van der Waals surface area contributed by atoms with Crippen molar-refractivity contribution in [2.45, 2.75) is 24.4 Å². The SMILES string of the molecule is CC(CCN(C)C)NS(=O)(=O)c1c(Cl)nc2ccccn12. The normalized spacial score (nSPS) is 14.0. The Morgan fingerprint density at radius 2 is 2.14 bits per heavy atom. The fourth-order valence-corrected chi connectivity index (χ4v) is 3.94. The van der Waals surface area contributed by atoms with Gasteiger partial charge in [-0.15, -0.1) is 0 Å². The molecule has 1 atom stereocenters. The summed E-state index contributed by atoms with van der Waals surface area (Å²) in [4.78, 5) is 6.07. The molecule has 1 unspecified atom stereocenters. The van der Waals surface area contributed by atoms with Crippen LogP contribution < -0.4 is 4.72 Å². The quantitative estimate of drug-likeness (QED) is 0.873. The molecular formula is C13H19ClN4O2S. The van der Waals surface area contributed by atoms with Gasteiger partial charge in [0.2, 0.25) is 0 Å². The van der Waals surface area contributed by atoms with E-state index in [2.05, 4.69) is 9.71 Å². The van der Waals surface area contributed by atoms with E-state index in [4.69, 9.17) is 11.6 Å². The number of hydrogen-bond acceptors (Lipinski definition) is 4. The Morgan fingerprint density at radius 3 is 2.81 bits per heavy atom. The average molecular weight is 331 g/mol. The molecule has 0 bridgehead atoms. The van der Waals surface area contributed by atoms with E-state index in [0.717, 1.165) is 6.54 Å². The number of halogens is 1. The van der Waals surface area contributed by atoms with Crippen LogP contribution in [0.1, 0.15) is 13.3 Å². The Morgan fingerprint density at radius 1 is 1.43 bits per heavy atom. The van der Waals surface area contributed by atoms with Crippen molar-refractivity contribution >= 4 is 27.3 Å². The lowest BCUT2D eigenvalue weighted by molar-refractivity contribution is 0.378. The highest BCUT2D eigenvalue weighted by molar-refractivity contribution is 7.89. The van der Waals surface area contributed by atoms with Crippen LogP contribution in [0, 0.1) is 0 Å². The van der Waals surface area contributed by atoms with Crippen LogP contribution in [-0.2, 0) is 10.0 Å². The van der Waals surface area contributed by atoms with Crippen LogP contribution >= 0.6 is 11.6 Å². The Hall–Kier alpha value is -1.15. The zero-order chi connectivity index (χ0) is 15.6. The van der Waals surface area contributed by atoms with Crippen LogP contribution in [-0.4, -0.2) is 49.4 Å². The van der Waals surface area contributed by atoms with E-state index in [1.807, 2.05) is 25.9 Å². The van der Waals surface area contributed by atoms with Crippen molar-refractivity contribution in [3.8, 4) is 0 Å². The molecule has 6 nitrogen and oxygen atoms in total. The molecule has 1 N–H and O–H groups in total. The van der Waals surface area contributed by atoms with E-state index in [0.29, 0.717) is 12.1 Å². The molecule has 0 spiro atoms. The molecule has 2 heterocycles. The number of pyridine rings is 1. The molecule has 0 aliphatic heterocycles. The number of nitrogens with zero attached hydrogens (tertiary/aromatic N) is 3. The molecule has 2 rings (SSSR count). The molecule has 8 heteroatoms. The van der Waals surface area contributed by atoms with Crippen LogP contribution in [0.4, 0.5) is 0 Å². The fraction of sp³-hybridized carbons (Fsp3) is 0.462. The highest BCUT2D eigenvalue weighted by atomic mass is 35.5. The molecule has 0 aromatic carbocycles. The first kappa shape index (κ1) is 16.2. The average Bonchev–Trinajstić information content (AvgIpc) is 2.72. The maximum absolute atomic E-state index is 12.5. The van der Waals surface area contributed by atoms with E-state index in [-0.39, 0.29) is 16.2 Å². The zero-order valence-electron chi connectivity index (χ0n) is 12.2. The Balaban J connectivity index is 2.28. The first-order valence-electron chi connectivity index (χ1n) is 6.61. The van der Waals surface area contributed by atoms with Crippen molar-refractivity contribution in [2.24, 2.45) is 0 Å². The largest absolute Gasteiger partial charge is 0.309 e. The highest BCUT2D eigenvalue weighted by Crippen LogP contribution is 2.22. The van der Waals surface area contributed by atoms with Gasteiger partial charge in [0.1, 0.15) is 5.65 Å². The summed E-state index contributed by atoms with van der Waals surface area (Å²) in [5, 5.41) is -0.0371. The van der Waals surface area contributed by atoms with Gasteiger partial charge in [-0.1, -0.05) is 17.7 Å². The predicted molar refractivity (Wildman–Crippen MR) is 83.2 cm³/mol. The Bertz CT molecular complexity index is 727. The van der Waals surface area contributed by atoms with Gasteiger partial charge < -0.3 is 4.90 Å². The number of aromatic nitrogens is 2. The minimum atomic E-state index is -3.72. The van der Waals surface area contributed by atoms with Crippen molar-refractivity contribution in [3.05, 3.63) is 29.5 Å². The van der Waals surface area contributed by atoms with Gasteiger partial charge in [-0.25, -0.2) is 18.1 Å². The van der Waals surface area contributed by atoms with Gasteiger partial charge in [0, 0.05) is 12.2 Å². The lowest BCUT2D eigenvalue weighted by Gasteiger charge is -2.16. The molecule has 0 radical (unpaired) electrons. The minimum Gasteiger partial charge on any atom is -0.309 e. The molecule has 0 saturated heterocycles. The second-order valence-corrected chi connectivity index (χ2v) is 7.24. The van der Waals surface area contributed by atoms with E-state index in [1.165, 1.54) is 4.40 Å². The van der Waals surface area contributed by atoms with E-state index in [9.17, 15) is 8.42 Å². The third kappa shape index (κ3) is 3.74. The van der Waals surface area contributed by atoms with Crippen molar-refractivity contribution in [1.82, 2.24) is 19.0 Å². The van der Waals surface area contributed by atoms with Gasteiger partial charge in [0.05, 0.1) is 0 Å². The predicted octanol–water partition coefficient (Wildman–Crippen LogP) is 1.61. The maximum atomic E-state index is 12.5. The summed E-state index contributed by atoms with van der Waals surface area (Å²) in [6.07, 6.45) is 2.34. The topological polar surface area (TPSA) is 66.7 Å². The number of imidazole rings is 1. The molecule has 116 valence electrons. The summed E-state index contributed by atoms with van der Waals surface area (Å²) >= 11 is 6.00. The summed E-state index contributed by atoms with van der Waals surface area (Å²) in [5.41, 5.74) is 0.504. The highest BCUT2D eigenvalue weighted by Gasteiger charge is 2.25. The van der Waals surface area contributed by atoms with Crippen LogP contribution in [0.3, 0.4) is 0 Å². The molecule has 0 amide bonds. The van der Waals surface area contributed by atoms with Crippen LogP contribution in [0.15, 0.2) is 29.4 Å². The van der Waals surface area contributed by atoms with Crippen molar-refractivity contribution < 1.29 is 8.42 Å². The third-order valence-corrected chi connectivity index (χ3v) is 5.05. The Kier molecular flexibility index (Phi) is 4.88. The standard InChI is InChI=1S/C13H19ClN4O2S/c1-10(7-9-17(2)3)16-21(19,20)13-12(14)15-11-6-4-5-8-18(11)13/h4-6,8,10,16H,7,9H2,1-3H3. The lowest BCUT2D eigenvalue weighted by atomic mass is 10.2. The van der Waals surface area contributed by atoms with Gasteiger partial charge in [0.15, 0.2) is 10.2 Å². The monoisotopic (exact) mass is 330 g/mol. The smallest absolute Gasteiger partial charge is 0.260 e. The van der Waals surface area contributed by atoms with Crippen molar-refractivity contribution in [1.29, 1.82) is 0 Å². The lowest BCUT2D eigenvalue weighted by Crippen LogP contribution is -2.35. The van der Waals surface area contributed by atoms with E-state index < -0.39 is 10.0 Å². The molecule has 21 heavy (non-hydrogen) atoms. The van der Waals surface area contributed by atoms with Crippen LogP contribution in [0.5, 0.6) is 0 Å². The first-order chi connectivity index (χ1) is 9.81. The van der Waals surface area contributed by atoms with Crippen LogP contribution in [0.25, 0.3) is 5.65 Å². The molecular weight excluding hydrogens is 312 g/mol. The number of hydrogen-bond donors (Lipinski definition) is 1. The molecule has 0 aliphatic rings. The van der Waals surface area contributed by atoms with Gasteiger partial charge in [-0.3, -0.25) is 4.40 Å². The second-order valence-electron chi connectivity index (χ2n) is 5.25. The summed E-state index contributed by atoms with van der Waals surface area (Å²) in [6, 6.07) is 5.03. The summed E-state index contributed by atoms with van der Waals surface area (Å²) in [6.45, 7) is 2.63. The third-order valence-electron chi connectivity index (χ3n) is 3.07. The van der Waals surface area contributed by atoms with Crippen molar-refractivity contribution in [2.75, 3.05) is 20.6 Å². The van der Waals surface area contributed by atoms with Gasteiger partial charge in [-0.05, 0) is 46.1 Å². The van der Waals surface area contributed by atoms with Gasteiger partial charge in [-0.2, -0.15) is 0 Å². The minimum absolute atomic E-state index is 0.0172. The molecule has 2 aromatic rings. The molecule has 2 aromatic heterocycles. The zero-order valence-corrected chi connectivity index (χ0v) is 13.8. The van der Waals surface area contributed by atoms with Crippen LogP contribution in [0.2, 0.25) is 5.15 Å². The molecule has 0 aliphatic carbocycles. The van der Waals surface area contributed by atoms with E-state index in [1.54, 1.807) is 24.4 Å². The van der Waals surface area contributed by atoms with Crippen molar-refractivity contribution in [3.63, 3.8) is 0 Å². The number of fused-ring (bicyclic) bond motifs is 1. The summed E-state index contributed by atoms with van der Waals surface area (Å²) in [7, 11) is 0.173. The van der Waals surface area contributed by atoms with Gasteiger partial charge >= 0.3 is 0 Å². The summed E-state index contributed by atoms with van der Waals surface area (Å²) in [5.74, 6) is 0. The second kappa shape index (κ2) is 6.31. The summed E-state index contributed by atoms with van der Waals surface area (Å²) < 4.78 is 29.1. The number of rotatable bonds is 6. The fourth-order valence-electron chi connectivity index (χ4n) is 2.02. The van der Waals surface area contributed by atoms with E-state index >= 15 is 0 Å². The number of sulfonamides is 1. The maximum Gasteiger partial charge on any atom is 0.260 e. The first-order valence-corrected chi connectivity index (χ1v) is 8.47. The molecule has 0 saturated carbocycles. The number of nitrogens with one attached hydrogen (secondary N) is 1. The molecule has 0 fully saturated rings. The Labute approximate surface area is 129 Å².